The van der Waals surface area contributed by atoms with Crippen molar-refractivity contribution in [3.8, 4) is 0 Å². The Labute approximate surface area is 151 Å². The molecule has 1 atom stereocenters. The van der Waals surface area contributed by atoms with Crippen LogP contribution in [0.1, 0.15) is 63.4 Å². The van der Waals surface area contributed by atoms with Crippen LogP contribution in [0.3, 0.4) is 0 Å². The van der Waals surface area contributed by atoms with Gasteiger partial charge in [0.05, 0.1) is 0 Å². The van der Waals surface area contributed by atoms with Crippen LogP contribution in [0.25, 0.3) is 0 Å². The van der Waals surface area contributed by atoms with Crippen molar-refractivity contribution in [3.63, 3.8) is 0 Å². The molecule has 1 N–H and O–H groups in total. The van der Waals surface area contributed by atoms with E-state index in [0.717, 1.165) is 24.8 Å². The second-order valence-corrected chi connectivity index (χ2v) is 5.63. The Morgan fingerprint density at radius 1 is 0.957 bits per heavy atom. The summed E-state index contributed by atoms with van der Waals surface area (Å²) >= 11 is 0. The zero-order valence-electron chi connectivity index (χ0n) is 13.9. The first kappa shape index (κ1) is 21.7. The topological polar surface area (TPSA) is 37.3 Å². The normalized spacial score (nSPS) is 11.0. The summed E-state index contributed by atoms with van der Waals surface area (Å²) in [6, 6.07) is 17.6. The summed E-state index contributed by atoms with van der Waals surface area (Å²) in [5.74, 6) is -0.999. The molecule has 134 valence electrons. The summed E-state index contributed by atoms with van der Waals surface area (Å²) < 4.78 is 0. The molecular formula is C20H28FeO2-6. The third-order valence-corrected chi connectivity index (χ3v) is 3.79. The van der Waals surface area contributed by atoms with Crippen LogP contribution in [-0.2, 0) is 21.9 Å². The van der Waals surface area contributed by atoms with Crippen molar-refractivity contribution in [1.82, 2.24) is 0 Å². The Hall–Kier alpha value is -1.31. The minimum Gasteiger partial charge on any atom is -0.748 e. The van der Waals surface area contributed by atoms with Gasteiger partial charge in [0, 0.05) is 23.0 Å². The van der Waals surface area contributed by atoms with Crippen LogP contribution in [0, 0.1) is 0 Å². The van der Waals surface area contributed by atoms with Crippen LogP contribution in [-0.4, -0.2) is 11.1 Å². The van der Waals surface area contributed by atoms with Gasteiger partial charge < -0.3 is 35.4 Å². The number of carbonyl (C=O) groups is 1. The minimum absolute atomic E-state index is 0. The van der Waals surface area contributed by atoms with E-state index in [4.69, 9.17) is 0 Å². The van der Waals surface area contributed by atoms with Crippen LogP contribution < -0.4 is 0 Å². The molecule has 0 bridgehead atoms. The quantitative estimate of drug-likeness (QED) is 0.354. The maximum absolute atomic E-state index is 11.2. The molecule has 2 aromatic rings. The molecule has 2 aromatic carbocycles. The maximum Gasteiger partial charge on any atom is 0.299 e. The van der Waals surface area contributed by atoms with E-state index in [9.17, 15) is 9.90 Å². The summed E-state index contributed by atoms with van der Waals surface area (Å²) in [5.41, 5.74) is 0.950. The van der Waals surface area contributed by atoms with Gasteiger partial charge in [0.25, 0.3) is 5.97 Å². The standard InChI is InChI=1S/C15H23O2.C5H5.Fe/c1-2-3-4-5-6-7-12-14(15(16)17)13-10-8-9-11-13;1-2-4-5-3-1;/h8-11,14H,2-7,12H2,1H3,(H,16,17);1-5H;/q-1;-5;. The Bertz CT molecular complexity index is 443. The van der Waals surface area contributed by atoms with Crippen LogP contribution in [0.4, 0.5) is 0 Å². The van der Waals surface area contributed by atoms with Crippen molar-refractivity contribution in [3.05, 3.63) is 60.2 Å². The summed E-state index contributed by atoms with van der Waals surface area (Å²) in [5, 5.41) is 9.19. The minimum atomic E-state index is -0.690. The fourth-order valence-corrected chi connectivity index (χ4v) is 2.50. The third kappa shape index (κ3) is 10.1. The molecule has 0 aliphatic carbocycles. The van der Waals surface area contributed by atoms with E-state index in [1.54, 1.807) is 0 Å². The predicted molar refractivity (Wildman–Crippen MR) is 92.4 cm³/mol. The van der Waals surface area contributed by atoms with Crippen LogP contribution in [0.5, 0.6) is 0 Å². The number of hydrogen-bond donors (Lipinski definition) is 1. The number of hydrogen-bond acceptors (Lipinski definition) is 1. The van der Waals surface area contributed by atoms with Crippen molar-refractivity contribution in [2.75, 3.05) is 0 Å². The zero-order valence-corrected chi connectivity index (χ0v) is 15.0. The van der Waals surface area contributed by atoms with Crippen molar-refractivity contribution >= 4 is 5.97 Å². The SMILES string of the molecule is CCCCCCCCC(C(=O)O)[c-]1cccc1.[Fe].[cH-]1[cH-][cH-][cH-][cH-]1. The molecule has 3 heteroatoms. The van der Waals surface area contributed by atoms with Gasteiger partial charge >= 0.3 is 0 Å². The van der Waals surface area contributed by atoms with Gasteiger partial charge in [-0.15, -0.1) is 5.56 Å². The molecule has 23 heavy (non-hydrogen) atoms. The van der Waals surface area contributed by atoms with E-state index in [0.29, 0.717) is 0 Å². The smallest absolute Gasteiger partial charge is 0.299 e. The Morgan fingerprint density at radius 2 is 1.43 bits per heavy atom. The van der Waals surface area contributed by atoms with Gasteiger partial charge in [0.1, 0.15) is 0 Å². The van der Waals surface area contributed by atoms with Gasteiger partial charge in [-0.2, -0.15) is 12.1 Å². The summed E-state index contributed by atoms with van der Waals surface area (Å²) in [6.07, 6.45) is 8.02. The molecule has 2 nitrogen and oxygen atoms in total. The van der Waals surface area contributed by atoms with E-state index in [1.807, 2.05) is 54.6 Å². The Morgan fingerprint density at radius 3 is 1.91 bits per heavy atom. The van der Waals surface area contributed by atoms with Crippen molar-refractivity contribution in [2.45, 2.75) is 57.8 Å². The number of carboxylic acid groups (broad SMARTS) is 1. The first-order valence-electron chi connectivity index (χ1n) is 8.36. The molecule has 0 spiro atoms. The molecule has 0 saturated carbocycles. The molecule has 1 unspecified atom stereocenters. The van der Waals surface area contributed by atoms with Gasteiger partial charge in [-0.1, -0.05) is 45.4 Å². The average molecular weight is 356 g/mol. The van der Waals surface area contributed by atoms with E-state index >= 15 is 0 Å². The van der Waals surface area contributed by atoms with Crippen LogP contribution in [0.15, 0.2) is 54.6 Å². The molecular weight excluding hydrogens is 328 g/mol. The number of rotatable bonds is 9. The average Bonchev–Trinajstić information content (AvgIpc) is 3.22. The predicted octanol–water partition coefficient (Wildman–Crippen LogP) is 5.73. The van der Waals surface area contributed by atoms with Gasteiger partial charge in [-0.3, -0.25) is 4.79 Å². The molecule has 0 aromatic heterocycles. The van der Waals surface area contributed by atoms with Crippen LogP contribution in [0.2, 0.25) is 0 Å². The van der Waals surface area contributed by atoms with Crippen molar-refractivity contribution < 1.29 is 27.0 Å². The van der Waals surface area contributed by atoms with Gasteiger partial charge in [0.15, 0.2) is 0 Å². The number of carboxylic acids is 1. The first-order valence-corrected chi connectivity index (χ1v) is 8.36. The van der Waals surface area contributed by atoms with E-state index < -0.39 is 5.97 Å². The maximum atomic E-state index is 11.2. The van der Waals surface area contributed by atoms with E-state index in [-0.39, 0.29) is 23.0 Å². The number of unbranched alkanes of at least 4 members (excludes halogenated alkanes) is 5. The van der Waals surface area contributed by atoms with Crippen molar-refractivity contribution in [1.29, 1.82) is 0 Å². The third-order valence-electron chi connectivity index (χ3n) is 3.79. The Balaban J connectivity index is 0.000000684. The Kier molecular flexibility index (Phi) is 13.5. The second-order valence-electron chi connectivity index (χ2n) is 5.63. The molecule has 0 amide bonds. The monoisotopic (exact) mass is 356 g/mol. The molecule has 0 saturated heterocycles. The fourth-order valence-electron chi connectivity index (χ4n) is 2.50. The zero-order chi connectivity index (χ0) is 16.0. The molecule has 0 heterocycles. The molecule has 0 aliphatic heterocycles. The van der Waals surface area contributed by atoms with Gasteiger partial charge in [-0.05, 0) is 6.42 Å². The van der Waals surface area contributed by atoms with Crippen molar-refractivity contribution in [2.24, 2.45) is 0 Å². The van der Waals surface area contributed by atoms with Crippen LogP contribution >= 0.6 is 0 Å². The summed E-state index contributed by atoms with van der Waals surface area (Å²) in [7, 11) is 0. The van der Waals surface area contributed by atoms with Gasteiger partial charge in [0.2, 0.25) is 0 Å². The number of aliphatic carboxylic acids is 1. The second kappa shape index (κ2) is 14.3. The van der Waals surface area contributed by atoms with Gasteiger partial charge in [-0.25, -0.2) is 12.1 Å². The molecule has 0 fully saturated rings. The molecule has 0 radical (unpaired) electrons. The molecule has 0 aliphatic rings. The first-order chi connectivity index (χ1) is 10.8. The fraction of sp³-hybridized carbons (Fsp3) is 0.450. The van der Waals surface area contributed by atoms with E-state index in [1.165, 1.54) is 25.7 Å². The summed E-state index contributed by atoms with van der Waals surface area (Å²) in [4.78, 5) is 11.2. The summed E-state index contributed by atoms with van der Waals surface area (Å²) in [6.45, 7) is 2.20. The van der Waals surface area contributed by atoms with E-state index in [2.05, 4.69) is 6.92 Å². The molecule has 2 rings (SSSR count). The largest absolute Gasteiger partial charge is 0.748 e.